The third-order valence-corrected chi connectivity index (χ3v) is 4.29. The highest BCUT2D eigenvalue weighted by Gasteiger charge is 2.23. The number of ether oxygens (including phenoxy) is 1. The van der Waals surface area contributed by atoms with Gasteiger partial charge in [0.05, 0.1) is 19.3 Å². The predicted molar refractivity (Wildman–Crippen MR) is 89.7 cm³/mol. The van der Waals surface area contributed by atoms with E-state index in [1.165, 1.54) is 0 Å². The van der Waals surface area contributed by atoms with Crippen LogP contribution in [0, 0.1) is 0 Å². The monoisotopic (exact) mass is 349 g/mol. The van der Waals surface area contributed by atoms with E-state index < -0.39 is 0 Å². The average molecular weight is 350 g/mol. The Morgan fingerprint density at radius 2 is 2.17 bits per heavy atom. The number of nitrogens with zero attached hydrogens (tertiary/aromatic N) is 3. The molecule has 0 spiro atoms. The molecule has 1 aliphatic rings. The van der Waals surface area contributed by atoms with Crippen LogP contribution in [0.3, 0.4) is 0 Å². The highest BCUT2D eigenvalue weighted by atomic mass is 35.5. The van der Waals surface area contributed by atoms with Crippen LogP contribution in [0.15, 0.2) is 28.8 Å². The zero-order valence-corrected chi connectivity index (χ0v) is 14.3. The lowest BCUT2D eigenvalue weighted by Gasteiger charge is -2.33. The van der Waals surface area contributed by atoms with Crippen molar-refractivity contribution in [3.63, 3.8) is 0 Å². The highest BCUT2D eigenvalue weighted by Crippen LogP contribution is 2.19. The van der Waals surface area contributed by atoms with Crippen LogP contribution >= 0.6 is 11.6 Å². The first kappa shape index (κ1) is 16.9. The fourth-order valence-electron chi connectivity index (χ4n) is 2.70. The Kier molecular flexibility index (Phi) is 5.48. The lowest BCUT2D eigenvalue weighted by molar-refractivity contribution is -0.139. The minimum absolute atomic E-state index is 0.145. The Bertz CT molecular complexity index is 687. The van der Waals surface area contributed by atoms with Gasteiger partial charge in [-0.25, -0.2) is 0 Å². The Hall–Kier alpha value is -1.92. The molecule has 0 bridgehead atoms. The molecular weight excluding hydrogens is 330 g/mol. The highest BCUT2D eigenvalue weighted by molar-refractivity contribution is 6.30. The maximum Gasteiger partial charge on any atom is 0.226 e. The molecule has 0 N–H and O–H groups in total. The summed E-state index contributed by atoms with van der Waals surface area (Å²) in [7, 11) is 0. The van der Waals surface area contributed by atoms with Crippen molar-refractivity contribution in [3.8, 4) is 11.4 Å². The lowest BCUT2D eigenvalue weighted by atomic mass is 10.2. The molecule has 1 aromatic carbocycles. The first-order chi connectivity index (χ1) is 11.6. The van der Waals surface area contributed by atoms with E-state index in [-0.39, 0.29) is 11.9 Å². The molecule has 2 heterocycles. The summed E-state index contributed by atoms with van der Waals surface area (Å²) in [5.41, 5.74) is 0.854. The smallest absolute Gasteiger partial charge is 0.226 e. The number of hydrogen-bond acceptors (Lipinski definition) is 5. The fourth-order valence-corrected chi connectivity index (χ4v) is 2.83. The largest absolute Gasteiger partial charge is 0.377 e. The molecule has 0 aliphatic carbocycles. The van der Waals surface area contributed by atoms with Gasteiger partial charge in [0.25, 0.3) is 0 Å². The zero-order chi connectivity index (χ0) is 16.9. The number of halogens is 1. The summed E-state index contributed by atoms with van der Waals surface area (Å²) < 4.78 is 10.6. The molecule has 24 heavy (non-hydrogen) atoms. The van der Waals surface area contributed by atoms with Crippen LogP contribution in [0.5, 0.6) is 0 Å². The van der Waals surface area contributed by atoms with E-state index in [0.717, 1.165) is 5.56 Å². The molecule has 1 fully saturated rings. The second-order valence-corrected chi connectivity index (χ2v) is 6.32. The molecule has 3 rings (SSSR count). The first-order valence-electron chi connectivity index (χ1n) is 8.09. The van der Waals surface area contributed by atoms with Crippen molar-refractivity contribution in [2.45, 2.75) is 32.2 Å². The summed E-state index contributed by atoms with van der Waals surface area (Å²) in [6.45, 7) is 3.90. The third-order valence-electron chi connectivity index (χ3n) is 4.04. The summed E-state index contributed by atoms with van der Waals surface area (Å²) in [5, 5.41) is 4.64. The number of amides is 1. The minimum Gasteiger partial charge on any atom is -0.377 e. The Morgan fingerprint density at radius 3 is 2.92 bits per heavy atom. The molecule has 1 aliphatic heterocycles. The van der Waals surface area contributed by atoms with Crippen molar-refractivity contribution >= 4 is 17.5 Å². The average Bonchev–Trinajstić information content (AvgIpc) is 3.04. The predicted octanol–water partition coefficient (Wildman–Crippen LogP) is 2.96. The van der Waals surface area contributed by atoms with Crippen molar-refractivity contribution < 1.29 is 14.1 Å². The molecule has 128 valence electrons. The van der Waals surface area contributed by atoms with Crippen LogP contribution in [0.25, 0.3) is 11.4 Å². The molecule has 7 heteroatoms. The second-order valence-electron chi connectivity index (χ2n) is 5.88. The van der Waals surface area contributed by atoms with Gasteiger partial charge < -0.3 is 14.2 Å². The summed E-state index contributed by atoms with van der Waals surface area (Å²) >= 11 is 5.87. The number of hydrogen-bond donors (Lipinski definition) is 0. The number of carbonyl (C=O) groups is 1. The Morgan fingerprint density at radius 1 is 1.38 bits per heavy atom. The zero-order valence-electron chi connectivity index (χ0n) is 13.6. The Labute approximate surface area is 145 Å². The maximum atomic E-state index is 12.2. The van der Waals surface area contributed by atoms with Gasteiger partial charge >= 0.3 is 0 Å². The number of aromatic nitrogens is 2. The molecular formula is C17H20ClN3O3. The molecule has 6 nitrogen and oxygen atoms in total. The minimum atomic E-state index is 0.145. The van der Waals surface area contributed by atoms with Crippen molar-refractivity contribution in [1.82, 2.24) is 15.0 Å². The molecule has 0 unspecified atom stereocenters. The van der Waals surface area contributed by atoms with Gasteiger partial charge in [-0.15, -0.1) is 0 Å². The normalized spacial score (nSPS) is 17.9. The maximum absolute atomic E-state index is 12.2. The van der Waals surface area contributed by atoms with Gasteiger partial charge in [-0.3, -0.25) is 4.79 Å². The number of rotatable bonds is 5. The molecule has 1 atom stereocenters. The Balaban J connectivity index is 1.50. The van der Waals surface area contributed by atoms with Crippen LogP contribution in [0.1, 0.15) is 25.7 Å². The van der Waals surface area contributed by atoms with Gasteiger partial charge in [-0.2, -0.15) is 4.98 Å². The third kappa shape index (κ3) is 4.13. The summed E-state index contributed by atoms with van der Waals surface area (Å²) in [5.74, 6) is 1.24. The van der Waals surface area contributed by atoms with Crippen molar-refractivity contribution in [3.05, 3.63) is 35.2 Å². The van der Waals surface area contributed by atoms with E-state index in [4.69, 9.17) is 20.9 Å². The van der Waals surface area contributed by atoms with E-state index in [0.29, 0.717) is 55.8 Å². The van der Waals surface area contributed by atoms with Crippen LogP contribution in [0.4, 0.5) is 0 Å². The van der Waals surface area contributed by atoms with Gasteiger partial charge in [0.2, 0.25) is 17.6 Å². The van der Waals surface area contributed by atoms with Gasteiger partial charge in [-0.05, 0) is 37.6 Å². The van der Waals surface area contributed by atoms with Crippen LogP contribution in [-0.4, -0.2) is 46.7 Å². The summed E-state index contributed by atoms with van der Waals surface area (Å²) in [4.78, 5) is 18.5. The quantitative estimate of drug-likeness (QED) is 0.830. The van der Waals surface area contributed by atoms with Gasteiger partial charge in [0.1, 0.15) is 0 Å². The van der Waals surface area contributed by atoms with E-state index >= 15 is 0 Å². The molecule has 1 amide bonds. The van der Waals surface area contributed by atoms with Crippen LogP contribution in [-0.2, 0) is 16.0 Å². The van der Waals surface area contributed by atoms with Gasteiger partial charge in [-0.1, -0.05) is 16.8 Å². The molecule has 2 aromatic rings. The number of benzene rings is 1. The van der Waals surface area contributed by atoms with E-state index in [2.05, 4.69) is 10.1 Å². The van der Waals surface area contributed by atoms with Crippen molar-refractivity contribution in [2.75, 3.05) is 19.8 Å². The second kappa shape index (κ2) is 7.77. The van der Waals surface area contributed by atoms with Gasteiger partial charge in [0, 0.05) is 30.0 Å². The SMILES string of the molecule is C[C@@H]1COCCN1C(=O)CCCc1nc(-c2ccc(Cl)cc2)no1. The van der Waals surface area contributed by atoms with E-state index in [1.807, 2.05) is 24.0 Å². The van der Waals surface area contributed by atoms with Crippen molar-refractivity contribution in [1.29, 1.82) is 0 Å². The summed E-state index contributed by atoms with van der Waals surface area (Å²) in [6.07, 6.45) is 1.75. The lowest BCUT2D eigenvalue weighted by Crippen LogP contribution is -2.47. The molecule has 1 aromatic heterocycles. The topological polar surface area (TPSA) is 68.5 Å². The van der Waals surface area contributed by atoms with Crippen molar-refractivity contribution in [2.24, 2.45) is 0 Å². The molecule has 0 saturated carbocycles. The number of carbonyl (C=O) groups excluding carboxylic acids is 1. The summed E-state index contributed by atoms with van der Waals surface area (Å²) in [6, 6.07) is 7.41. The fraction of sp³-hybridized carbons (Fsp3) is 0.471. The molecule has 1 saturated heterocycles. The van der Waals surface area contributed by atoms with Gasteiger partial charge in [0.15, 0.2) is 0 Å². The standard InChI is InChI=1S/C17H20ClN3O3/c1-12-11-23-10-9-21(12)16(22)4-2-3-15-19-17(20-24-15)13-5-7-14(18)8-6-13/h5-8,12H,2-4,9-11H2,1H3/t12-/m1/s1. The first-order valence-corrected chi connectivity index (χ1v) is 8.47. The van der Waals surface area contributed by atoms with E-state index in [1.54, 1.807) is 12.1 Å². The van der Waals surface area contributed by atoms with E-state index in [9.17, 15) is 4.79 Å². The van der Waals surface area contributed by atoms with Crippen LogP contribution in [0.2, 0.25) is 5.02 Å². The number of morpholine rings is 1. The van der Waals surface area contributed by atoms with Crippen LogP contribution < -0.4 is 0 Å². The molecule has 0 radical (unpaired) electrons. The number of aryl methyl sites for hydroxylation is 1.